The number of hydrogen-bond donors (Lipinski definition) is 3. The number of esters is 4. The minimum Gasteiger partial charge on any atom is -0.462 e. The lowest BCUT2D eigenvalue weighted by molar-refractivity contribution is -0.161. The third kappa shape index (κ3) is 60.5. The molecule has 2 unspecified atom stereocenters. The maximum absolute atomic E-state index is 13.0. The molecule has 0 aromatic carbocycles. The van der Waals surface area contributed by atoms with Crippen LogP contribution in [0.3, 0.4) is 0 Å². The summed E-state index contributed by atoms with van der Waals surface area (Å²) in [5, 5.41) is 10.5. The van der Waals surface area contributed by atoms with Crippen LogP contribution in [0.5, 0.6) is 0 Å². The molecule has 0 amide bonds. The largest absolute Gasteiger partial charge is 0.472 e. The van der Waals surface area contributed by atoms with E-state index in [4.69, 9.17) is 37.0 Å². The Morgan fingerprint density at radius 1 is 0.326 bits per heavy atom. The predicted octanol–water partition coefficient (Wildman–Crippen LogP) is 18.7. The number of allylic oxidation sites excluding steroid dienone is 4. The van der Waals surface area contributed by atoms with Gasteiger partial charge in [0.2, 0.25) is 0 Å². The molecule has 5 atom stereocenters. The van der Waals surface area contributed by atoms with Crippen LogP contribution in [0.1, 0.15) is 323 Å². The Kier molecular flexibility index (Phi) is 59.6. The summed E-state index contributed by atoms with van der Waals surface area (Å²) in [5.74, 6) is -2.17. The molecule has 0 aliphatic heterocycles. The summed E-state index contributed by atoms with van der Waals surface area (Å²) >= 11 is 0. The van der Waals surface area contributed by atoms with Crippen molar-refractivity contribution in [2.45, 2.75) is 341 Å². The molecule has 86 heavy (non-hydrogen) atoms. The van der Waals surface area contributed by atoms with Gasteiger partial charge in [-0.1, -0.05) is 270 Å². The molecular formula is C67H126O17P2. The average Bonchev–Trinajstić information content (AvgIpc) is 3.64. The number of aliphatic hydroxyl groups is 1. The molecule has 0 heterocycles. The molecule has 0 fully saturated rings. The van der Waals surface area contributed by atoms with Gasteiger partial charge in [0.25, 0.3) is 0 Å². The zero-order valence-corrected chi connectivity index (χ0v) is 56.6. The average molecular weight is 1270 g/mol. The lowest BCUT2D eigenvalue weighted by atomic mass is 10.0. The molecular weight excluding hydrogens is 1140 g/mol. The summed E-state index contributed by atoms with van der Waals surface area (Å²) in [7, 11) is -9.90. The number of hydrogen-bond acceptors (Lipinski definition) is 15. The summed E-state index contributed by atoms with van der Waals surface area (Å²) < 4.78 is 67.9. The number of phosphoric acid groups is 2. The quantitative estimate of drug-likeness (QED) is 0.0169. The molecule has 0 bridgehead atoms. The predicted molar refractivity (Wildman–Crippen MR) is 345 cm³/mol. The first kappa shape index (κ1) is 83.5. The van der Waals surface area contributed by atoms with E-state index in [1.54, 1.807) is 0 Å². The molecule has 0 aromatic rings. The molecule has 0 radical (unpaired) electrons. The summed E-state index contributed by atoms with van der Waals surface area (Å²) in [5.41, 5.74) is 0. The van der Waals surface area contributed by atoms with E-state index in [0.717, 1.165) is 109 Å². The second-order valence-corrected chi connectivity index (χ2v) is 26.4. The van der Waals surface area contributed by atoms with Gasteiger partial charge in [-0.3, -0.25) is 37.3 Å². The molecule has 19 heteroatoms. The van der Waals surface area contributed by atoms with Crippen LogP contribution in [0.4, 0.5) is 0 Å². The van der Waals surface area contributed by atoms with Crippen LogP contribution in [-0.4, -0.2) is 96.7 Å². The first-order chi connectivity index (χ1) is 41.7. The number of rotatable bonds is 66. The van der Waals surface area contributed by atoms with Gasteiger partial charge >= 0.3 is 39.5 Å². The lowest BCUT2D eigenvalue weighted by Gasteiger charge is -2.21. The summed E-state index contributed by atoms with van der Waals surface area (Å²) in [6, 6.07) is 0. The van der Waals surface area contributed by atoms with Crippen molar-refractivity contribution < 1.29 is 80.2 Å². The molecule has 3 N–H and O–H groups in total. The van der Waals surface area contributed by atoms with Crippen molar-refractivity contribution in [2.24, 2.45) is 0 Å². The highest BCUT2D eigenvalue weighted by atomic mass is 31.2. The zero-order chi connectivity index (χ0) is 63.3. The van der Waals surface area contributed by atoms with Crippen molar-refractivity contribution in [3.05, 3.63) is 24.3 Å². The highest BCUT2D eigenvalue weighted by molar-refractivity contribution is 7.47. The van der Waals surface area contributed by atoms with Crippen LogP contribution in [0.2, 0.25) is 0 Å². The van der Waals surface area contributed by atoms with Gasteiger partial charge in [-0.15, -0.1) is 0 Å². The monoisotopic (exact) mass is 1260 g/mol. The van der Waals surface area contributed by atoms with Crippen LogP contribution in [0.25, 0.3) is 0 Å². The van der Waals surface area contributed by atoms with Gasteiger partial charge in [-0.2, -0.15) is 0 Å². The van der Waals surface area contributed by atoms with E-state index in [2.05, 4.69) is 52.0 Å². The van der Waals surface area contributed by atoms with Crippen molar-refractivity contribution in [3.8, 4) is 0 Å². The molecule has 0 spiro atoms. The molecule has 0 rings (SSSR count). The molecule has 0 aliphatic rings. The SMILES string of the molecule is CCCCCC/C=C\C=C/CCCCCCCC(=O)O[C@H](COC(=O)CCCCCCCCCCCCCCC)COP(=O)(O)OC[C@@H](O)COP(=O)(O)OC[C@@H](COC(=O)CCCCCCC)OC(=O)CCCCCCCCCCCCCCC. The van der Waals surface area contributed by atoms with E-state index < -0.39 is 97.5 Å². The zero-order valence-electron chi connectivity index (χ0n) is 54.8. The Hall–Kier alpha value is -2.46. The molecule has 0 saturated carbocycles. The van der Waals surface area contributed by atoms with Gasteiger partial charge in [0.15, 0.2) is 12.2 Å². The number of unbranched alkanes of at least 4 members (excludes halogenated alkanes) is 37. The fourth-order valence-corrected chi connectivity index (χ4v) is 11.2. The van der Waals surface area contributed by atoms with Crippen LogP contribution < -0.4 is 0 Å². The fourth-order valence-electron chi connectivity index (χ4n) is 9.62. The van der Waals surface area contributed by atoms with Gasteiger partial charge in [0, 0.05) is 25.7 Å². The fraction of sp³-hybridized carbons (Fsp3) is 0.881. The molecule has 0 aliphatic carbocycles. The normalized spacial score (nSPS) is 14.3. The van der Waals surface area contributed by atoms with E-state index in [-0.39, 0.29) is 25.7 Å². The minimum absolute atomic E-state index is 0.0856. The van der Waals surface area contributed by atoms with E-state index in [1.165, 1.54) is 135 Å². The Labute approximate surface area is 522 Å². The maximum atomic E-state index is 13.0. The number of carbonyl (C=O) groups is 4. The van der Waals surface area contributed by atoms with Gasteiger partial charge in [-0.05, 0) is 51.4 Å². The number of phosphoric ester groups is 2. The van der Waals surface area contributed by atoms with Gasteiger partial charge in [0.05, 0.1) is 26.4 Å². The lowest BCUT2D eigenvalue weighted by Crippen LogP contribution is -2.30. The smallest absolute Gasteiger partial charge is 0.462 e. The molecule has 17 nitrogen and oxygen atoms in total. The van der Waals surface area contributed by atoms with Crippen molar-refractivity contribution in [3.63, 3.8) is 0 Å². The maximum Gasteiger partial charge on any atom is 0.472 e. The highest BCUT2D eigenvalue weighted by Crippen LogP contribution is 2.45. The Balaban J connectivity index is 5.20. The first-order valence-corrected chi connectivity index (χ1v) is 37.6. The van der Waals surface area contributed by atoms with Crippen molar-refractivity contribution in [1.82, 2.24) is 0 Å². The van der Waals surface area contributed by atoms with Crippen molar-refractivity contribution in [1.29, 1.82) is 0 Å². The third-order valence-electron chi connectivity index (χ3n) is 15.0. The van der Waals surface area contributed by atoms with Gasteiger partial charge in [0.1, 0.15) is 19.3 Å². The van der Waals surface area contributed by atoms with Gasteiger partial charge < -0.3 is 33.8 Å². The van der Waals surface area contributed by atoms with Crippen LogP contribution in [0.15, 0.2) is 24.3 Å². The molecule has 0 aromatic heterocycles. The van der Waals surface area contributed by atoms with Gasteiger partial charge in [-0.25, -0.2) is 9.13 Å². The number of aliphatic hydroxyl groups excluding tert-OH is 1. The topological polar surface area (TPSA) is 237 Å². The first-order valence-electron chi connectivity index (χ1n) is 34.6. The van der Waals surface area contributed by atoms with Crippen LogP contribution in [0, 0.1) is 0 Å². The number of ether oxygens (including phenoxy) is 4. The Bertz CT molecular complexity index is 1750. The van der Waals surface area contributed by atoms with E-state index in [1.807, 2.05) is 0 Å². The van der Waals surface area contributed by atoms with Crippen molar-refractivity contribution >= 4 is 39.5 Å². The Morgan fingerprint density at radius 3 is 0.849 bits per heavy atom. The second-order valence-electron chi connectivity index (χ2n) is 23.5. The summed E-state index contributed by atoms with van der Waals surface area (Å²) in [6.45, 7) is 4.77. The van der Waals surface area contributed by atoms with Crippen LogP contribution in [-0.2, 0) is 65.4 Å². The highest BCUT2D eigenvalue weighted by Gasteiger charge is 2.30. The van der Waals surface area contributed by atoms with Crippen LogP contribution >= 0.6 is 15.6 Å². The summed E-state index contributed by atoms with van der Waals surface area (Å²) in [6.07, 6.45) is 51.0. The van der Waals surface area contributed by atoms with E-state index >= 15 is 0 Å². The third-order valence-corrected chi connectivity index (χ3v) is 16.9. The molecule has 0 saturated heterocycles. The molecule has 506 valence electrons. The summed E-state index contributed by atoms with van der Waals surface area (Å²) in [4.78, 5) is 72.1. The second kappa shape index (κ2) is 61.4. The number of carbonyl (C=O) groups excluding carboxylic acids is 4. The Morgan fingerprint density at radius 2 is 0.558 bits per heavy atom. The van der Waals surface area contributed by atoms with E-state index in [0.29, 0.717) is 25.7 Å². The van der Waals surface area contributed by atoms with E-state index in [9.17, 15) is 43.2 Å². The minimum atomic E-state index is -4.95. The standard InChI is InChI=1S/C67H126O17P2/c1-5-9-13-17-20-23-26-29-30-33-36-39-42-46-50-54-67(72)84-63(58-78-65(70)52-48-44-40-37-34-31-27-24-21-18-14-10-6-2)60-82-86(75,76)80-56-61(68)55-79-85(73,74)81-59-62(57-77-64(69)51-47-43-16-12-8-4)83-66(71)53-49-45-41-38-35-32-28-25-22-19-15-11-7-3/h23,26,29-30,61-63,68H,5-22,24-25,27-28,31-60H2,1-4H3,(H,73,74)(H,75,76)/b26-23-,30-29-/t61-,62+,63+/m0/s1. The van der Waals surface area contributed by atoms with Crippen molar-refractivity contribution in [2.75, 3.05) is 39.6 Å².